The van der Waals surface area contributed by atoms with Crippen molar-refractivity contribution >= 4 is 27.8 Å². The van der Waals surface area contributed by atoms with E-state index in [1.807, 2.05) is 42.5 Å². The molecule has 0 aliphatic rings. The number of aromatic nitrogens is 1. The molecular formula is C21H13NO3. The highest BCUT2D eigenvalue weighted by atomic mass is 16.5. The number of esters is 1. The van der Waals surface area contributed by atoms with Crippen LogP contribution in [0.15, 0.2) is 65.1 Å². The molecule has 0 unspecified atom stereocenters. The number of carbonyl (C=O) groups excluding carboxylic acids is 1. The number of hydrogen-bond acceptors (Lipinski definition) is 4. The van der Waals surface area contributed by atoms with Gasteiger partial charge in [0.05, 0.1) is 5.56 Å². The van der Waals surface area contributed by atoms with Crippen molar-refractivity contribution in [3.05, 3.63) is 66.2 Å². The number of benzene rings is 3. The van der Waals surface area contributed by atoms with Gasteiger partial charge in [-0.05, 0) is 35.0 Å². The second-order valence-corrected chi connectivity index (χ2v) is 5.51. The molecule has 0 bridgehead atoms. The summed E-state index contributed by atoms with van der Waals surface area (Å²) in [5.41, 5.74) is 2.50. The van der Waals surface area contributed by atoms with Gasteiger partial charge < -0.3 is 9.15 Å². The number of hydrogen-bond donors (Lipinski definition) is 0. The van der Waals surface area contributed by atoms with Crippen LogP contribution in [-0.4, -0.2) is 17.6 Å². The number of nitrogens with zero attached hydrogens (tertiary/aromatic N) is 1. The maximum atomic E-state index is 11.9. The summed E-state index contributed by atoms with van der Waals surface area (Å²) in [6.45, 7) is -0.0586. The van der Waals surface area contributed by atoms with Crippen molar-refractivity contribution in [3.63, 3.8) is 0 Å². The van der Waals surface area contributed by atoms with Crippen molar-refractivity contribution in [2.45, 2.75) is 0 Å². The summed E-state index contributed by atoms with van der Waals surface area (Å²) < 4.78 is 10.8. The minimum atomic E-state index is -0.477. The second-order valence-electron chi connectivity index (χ2n) is 5.51. The summed E-state index contributed by atoms with van der Waals surface area (Å²) in [6.07, 6.45) is 5.10. The van der Waals surface area contributed by atoms with Crippen LogP contribution in [-0.2, 0) is 4.74 Å². The van der Waals surface area contributed by atoms with E-state index in [1.165, 1.54) is 0 Å². The Morgan fingerprint density at radius 1 is 1.12 bits per heavy atom. The summed E-state index contributed by atoms with van der Waals surface area (Å²) in [6, 6.07) is 19.0. The number of terminal acetylenes is 1. The number of fused-ring (bicyclic) bond motifs is 2. The average Bonchev–Trinajstić information content (AvgIpc) is 3.08. The smallest absolute Gasteiger partial charge is 0.339 e. The van der Waals surface area contributed by atoms with Crippen molar-refractivity contribution in [2.24, 2.45) is 0 Å². The van der Waals surface area contributed by atoms with E-state index in [-0.39, 0.29) is 6.61 Å². The van der Waals surface area contributed by atoms with Crippen LogP contribution in [0.4, 0.5) is 0 Å². The normalized spacial score (nSPS) is 10.7. The lowest BCUT2D eigenvalue weighted by Crippen LogP contribution is -2.04. The highest BCUT2D eigenvalue weighted by Gasteiger charge is 2.14. The minimum Gasteiger partial charge on any atom is -0.449 e. The van der Waals surface area contributed by atoms with Gasteiger partial charge in [0.1, 0.15) is 5.52 Å². The second kappa shape index (κ2) is 6.14. The van der Waals surface area contributed by atoms with E-state index in [4.69, 9.17) is 15.6 Å². The molecule has 0 spiro atoms. The molecular weight excluding hydrogens is 314 g/mol. The molecule has 0 saturated heterocycles. The van der Waals surface area contributed by atoms with Crippen molar-refractivity contribution in [3.8, 4) is 23.8 Å². The zero-order valence-electron chi connectivity index (χ0n) is 13.2. The van der Waals surface area contributed by atoms with Crippen LogP contribution in [0.1, 0.15) is 10.4 Å². The highest BCUT2D eigenvalue weighted by Crippen LogP contribution is 2.30. The van der Waals surface area contributed by atoms with E-state index in [9.17, 15) is 4.79 Å². The summed E-state index contributed by atoms with van der Waals surface area (Å²) in [5.74, 6) is 2.31. The number of rotatable bonds is 3. The first kappa shape index (κ1) is 15.0. The molecule has 0 saturated carbocycles. The first-order valence-electron chi connectivity index (χ1n) is 7.75. The molecule has 4 heteroatoms. The molecule has 0 aliphatic carbocycles. The van der Waals surface area contributed by atoms with E-state index in [2.05, 4.69) is 10.9 Å². The van der Waals surface area contributed by atoms with E-state index >= 15 is 0 Å². The van der Waals surface area contributed by atoms with Crippen molar-refractivity contribution < 1.29 is 13.9 Å². The van der Waals surface area contributed by atoms with Gasteiger partial charge in [-0.15, -0.1) is 6.42 Å². The monoisotopic (exact) mass is 327 g/mol. The Kier molecular flexibility index (Phi) is 3.68. The molecule has 0 aliphatic heterocycles. The predicted octanol–water partition coefficient (Wildman–Crippen LogP) is 4.44. The van der Waals surface area contributed by atoms with Crippen LogP contribution in [0.2, 0.25) is 0 Å². The van der Waals surface area contributed by atoms with Crippen molar-refractivity contribution in [1.29, 1.82) is 0 Å². The third-order valence-electron chi connectivity index (χ3n) is 3.93. The van der Waals surface area contributed by atoms with Gasteiger partial charge >= 0.3 is 5.97 Å². The summed E-state index contributed by atoms with van der Waals surface area (Å²) >= 11 is 0. The van der Waals surface area contributed by atoms with Gasteiger partial charge in [0.2, 0.25) is 5.89 Å². The van der Waals surface area contributed by atoms with E-state index in [0.29, 0.717) is 22.6 Å². The van der Waals surface area contributed by atoms with Crippen molar-refractivity contribution in [1.82, 2.24) is 4.98 Å². The molecule has 0 fully saturated rings. The zero-order valence-corrected chi connectivity index (χ0v) is 13.2. The van der Waals surface area contributed by atoms with E-state index in [0.717, 1.165) is 16.3 Å². The topological polar surface area (TPSA) is 52.3 Å². The molecule has 25 heavy (non-hydrogen) atoms. The van der Waals surface area contributed by atoms with Crippen LogP contribution in [0.25, 0.3) is 33.3 Å². The Hall–Kier alpha value is -3.58. The molecule has 4 rings (SSSR count). The molecule has 4 aromatic rings. The Balaban J connectivity index is 1.79. The van der Waals surface area contributed by atoms with Crippen LogP contribution < -0.4 is 0 Å². The Morgan fingerprint density at radius 3 is 2.84 bits per heavy atom. The van der Waals surface area contributed by atoms with Crippen LogP contribution >= 0.6 is 0 Å². The summed E-state index contributed by atoms with van der Waals surface area (Å²) in [4.78, 5) is 16.5. The minimum absolute atomic E-state index is 0.0586. The largest absolute Gasteiger partial charge is 0.449 e. The molecule has 0 atom stereocenters. The first-order chi connectivity index (χ1) is 12.3. The molecule has 3 aromatic carbocycles. The number of carbonyl (C=O) groups is 1. The molecule has 0 amide bonds. The van der Waals surface area contributed by atoms with Gasteiger partial charge in [-0.1, -0.05) is 42.3 Å². The predicted molar refractivity (Wildman–Crippen MR) is 96.1 cm³/mol. The first-order valence-corrected chi connectivity index (χ1v) is 7.75. The average molecular weight is 327 g/mol. The van der Waals surface area contributed by atoms with E-state index in [1.54, 1.807) is 18.2 Å². The lowest BCUT2D eigenvalue weighted by atomic mass is 10.0. The number of oxazole rings is 1. The molecule has 0 N–H and O–H groups in total. The molecule has 0 radical (unpaired) electrons. The van der Waals surface area contributed by atoms with Crippen LogP contribution in [0, 0.1) is 12.3 Å². The highest BCUT2D eigenvalue weighted by molar-refractivity contribution is 5.97. The van der Waals surface area contributed by atoms with Gasteiger partial charge in [0, 0.05) is 5.56 Å². The lowest BCUT2D eigenvalue weighted by molar-refractivity contribution is 0.0557. The Bertz CT molecular complexity index is 1130. The van der Waals surface area contributed by atoms with Gasteiger partial charge in [0.25, 0.3) is 0 Å². The molecule has 1 aromatic heterocycles. The van der Waals surface area contributed by atoms with Gasteiger partial charge in [-0.25, -0.2) is 9.78 Å². The Morgan fingerprint density at radius 2 is 1.96 bits per heavy atom. The van der Waals surface area contributed by atoms with Crippen LogP contribution in [0.5, 0.6) is 0 Å². The van der Waals surface area contributed by atoms with Crippen LogP contribution in [0.3, 0.4) is 0 Å². The molecule has 1 heterocycles. The fourth-order valence-corrected chi connectivity index (χ4v) is 2.77. The maximum absolute atomic E-state index is 11.9. The van der Waals surface area contributed by atoms with Gasteiger partial charge in [-0.3, -0.25) is 0 Å². The lowest BCUT2D eigenvalue weighted by Gasteiger charge is -2.01. The summed E-state index contributed by atoms with van der Waals surface area (Å²) in [7, 11) is 0. The third-order valence-corrected chi connectivity index (χ3v) is 3.93. The van der Waals surface area contributed by atoms with E-state index < -0.39 is 5.97 Å². The maximum Gasteiger partial charge on any atom is 0.339 e. The summed E-state index contributed by atoms with van der Waals surface area (Å²) in [5, 5.41) is 2.17. The molecule has 4 nitrogen and oxygen atoms in total. The quantitative estimate of drug-likeness (QED) is 0.412. The fraction of sp³-hybridized carbons (Fsp3) is 0.0476. The number of ether oxygens (including phenoxy) is 1. The Labute approximate surface area is 144 Å². The standard InChI is InChI=1S/C21H13NO3/c1-2-12-24-21(23)15-10-11-19-18(13-15)22-20(25-19)17-9-5-7-14-6-3-4-8-16(14)17/h1,3-11,13H,12H2. The SMILES string of the molecule is C#CCOC(=O)c1ccc2oc(-c3cccc4ccccc34)nc2c1. The third kappa shape index (κ3) is 2.73. The zero-order chi connectivity index (χ0) is 17.2. The van der Waals surface area contributed by atoms with Gasteiger partial charge in [0.15, 0.2) is 12.2 Å². The van der Waals surface area contributed by atoms with Crippen molar-refractivity contribution in [2.75, 3.05) is 6.61 Å². The van der Waals surface area contributed by atoms with Gasteiger partial charge in [-0.2, -0.15) is 0 Å². The molecule has 120 valence electrons. The fourth-order valence-electron chi connectivity index (χ4n) is 2.77.